The van der Waals surface area contributed by atoms with Gasteiger partial charge in [0.25, 0.3) is 0 Å². The van der Waals surface area contributed by atoms with Crippen LogP contribution in [0.15, 0.2) is 46.9 Å². The molecular weight excluding hydrogens is 354 g/mol. The summed E-state index contributed by atoms with van der Waals surface area (Å²) in [4.78, 5) is 0. The van der Waals surface area contributed by atoms with Gasteiger partial charge in [-0.2, -0.15) is 0 Å². The minimum atomic E-state index is -0.157. The standard InChI is InChI=1S/C14H10BrCl3/c15-10-3-1-9(2-4-10)7-13(17)12-6-5-11(16)8-14(12)18/h1-6,8,13H,7H2. The zero-order chi connectivity index (χ0) is 13.1. The van der Waals surface area contributed by atoms with E-state index < -0.39 is 0 Å². The number of hydrogen-bond acceptors (Lipinski definition) is 0. The quantitative estimate of drug-likeness (QED) is 0.562. The Balaban J connectivity index is 2.16. The number of hydrogen-bond donors (Lipinski definition) is 0. The van der Waals surface area contributed by atoms with Crippen molar-refractivity contribution in [3.05, 3.63) is 68.1 Å². The fourth-order valence-electron chi connectivity index (χ4n) is 1.69. The first kappa shape index (κ1) is 14.2. The SMILES string of the molecule is Clc1ccc(C(Cl)Cc2ccc(Br)cc2)c(Cl)c1. The molecule has 0 aliphatic carbocycles. The van der Waals surface area contributed by atoms with Crippen molar-refractivity contribution < 1.29 is 0 Å². The normalized spacial score (nSPS) is 12.4. The van der Waals surface area contributed by atoms with Crippen LogP contribution in [0.3, 0.4) is 0 Å². The predicted molar refractivity (Wildman–Crippen MR) is 82.9 cm³/mol. The predicted octanol–water partition coefficient (Wildman–Crippen LogP) is 6.28. The van der Waals surface area contributed by atoms with E-state index in [9.17, 15) is 0 Å². The molecule has 0 saturated heterocycles. The summed E-state index contributed by atoms with van der Waals surface area (Å²) in [7, 11) is 0. The topological polar surface area (TPSA) is 0 Å². The van der Waals surface area contributed by atoms with Crippen LogP contribution in [0.25, 0.3) is 0 Å². The van der Waals surface area contributed by atoms with Crippen LogP contribution in [-0.4, -0.2) is 0 Å². The zero-order valence-corrected chi connectivity index (χ0v) is 13.2. The van der Waals surface area contributed by atoms with E-state index in [1.807, 2.05) is 30.3 Å². The van der Waals surface area contributed by atoms with Gasteiger partial charge >= 0.3 is 0 Å². The summed E-state index contributed by atoms with van der Waals surface area (Å²) in [5.74, 6) is 0. The van der Waals surface area contributed by atoms with Crippen LogP contribution < -0.4 is 0 Å². The fraction of sp³-hybridized carbons (Fsp3) is 0.143. The van der Waals surface area contributed by atoms with Crippen LogP contribution in [0.1, 0.15) is 16.5 Å². The van der Waals surface area contributed by atoms with Gasteiger partial charge in [0.1, 0.15) is 0 Å². The maximum atomic E-state index is 6.40. The third kappa shape index (κ3) is 3.64. The third-order valence-electron chi connectivity index (χ3n) is 2.63. The van der Waals surface area contributed by atoms with E-state index in [2.05, 4.69) is 15.9 Å². The van der Waals surface area contributed by atoms with E-state index in [0.717, 1.165) is 16.5 Å². The molecule has 1 atom stereocenters. The molecule has 0 aliphatic heterocycles. The molecular formula is C14H10BrCl3. The molecule has 0 aliphatic rings. The first-order valence-corrected chi connectivity index (χ1v) is 7.38. The molecule has 0 aromatic heterocycles. The van der Waals surface area contributed by atoms with Gasteiger partial charge in [-0.15, -0.1) is 11.6 Å². The molecule has 0 heterocycles. The summed E-state index contributed by atoms with van der Waals surface area (Å²) < 4.78 is 1.06. The Labute approximate surface area is 130 Å². The lowest BCUT2D eigenvalue weighted by molar-refractivity contribution is 0.920. The molecule has 0 radical (unpaired) electrons. The van der Waals surface area contributed by atoms with E-state index in [4.69, 9.17) is 34.8 Å². The summed E-state index contributed by atoms with van der Waals surface area (Å²) in [6.07, 6.45) is 0.732. The highest BCUT2D eigenvalue weighted by atomic mass is 79.9. The highest BCUT2D eigenvalue weighted by molar-refractivity contribution is 9.10. The molecule has 0 spiro atoms. The third-order valence-corrected chi connectivity index (χ3v) is 4.11. The van der Waals surface area contributed by atoms with Gasteiger partial charge in [0.05, 0.1) is 5.38 Å². The number of rotatable bonds is 3. The van der Waals surface area contributed by atoms with Gasteiger partial charge in [0.15, 0.2) is 0 Å². The summed E-state index contributed by atoms with van der Waals surface area (Å²) in [5, 5.41) is 1.08. The van der Waals surface area contributed by atoms with Crippen molar-refractivity contribution in [2.75, 3.05) is 0 Å². The Hall–Kier alpha value is -0.210. The number of alkyl halides is 1. The van der Waals surface area contributed by atoms with Gasteiger partial charge < -0.3 is 0 Å². The molecule has 18 heavy (non-hydrogen) atoms. The summed E-state index contributed by atoms with van der Waals surface area (Å²) in [6, 6.07) is 13.5. The van der Waals surface area contributed by atoms with Crippen LogP contribution in [0.2, 0.25) is 10.0 Å². The number of halogens is 4. The maximum Gasteiger partial charge on any atom is 0.0640 e. The Kier molecular flexibility index (Phi) is 4.97. The van der Waals surface area contributed by atoms with Gasteiger partial charge in [-0.05, 0) is 41.8 Å². The lowest BCUT2D eigenvalue weighted by Gasteiger charge is -2.12. The Morgan fingerprint density at radius 1 is 1.00 bits per heavy atom. The Morgan fingerprint density at radius 2 is 1.67 bits per heavy atom. The Morgan fingerprint density at radius 3 is 2.28 bits per heavy atom. The van der Waals surface area contributed by atoms with Crippen LogP contribution in [0.5, 0.6) is 0 Å². The summed E-state index contributed by atoms with van der Waals surface area (Å²) in [5.41, 5.74) is 2.08. The van der Waals surface area contributed by atoms with E-state index >= 15 is 0 Å². The van der Waals surface area contributed by atoms with Crippen molar-refractivity contribution in [3.8, 4) is 0 Å². The van der Waals surface area contributed by atoms with Crippen molar-refractivity contribution in [2.45, 2.75) is 11.8 Å². The molecule has 2 rings (SSSR count). The Bertz CT molecular complexity index is 537. The van der Waals surface area contributed by atoms with Gasteiger partial charge in [0.2, 0.25) is 0 Å². The molecule has 2 aromatic rings. The van der Waals surface area contributed by atoms with Crippen molar-refractivity contribution in [1.29, 1.82) is 0 Å². The molecule has 4 heteroatoms. The van der Waals surface area contributed by atoms with Gasteiger partial charge in [0, 0.05) is 14.5 Å². The molecule has 0 amide bonds. The smallest absolute Gasteiger partial charge is 0.0640 e. The molecule has 2 aromatic carbocycles. The highest BCUT2D eigenvalue weighted by Crippen LogP contribution is 2.32. The lowest BCUT2D eigenvalue weighted by Crippen LogP contribution is -1.96. The maximum absolute atomic E-state index is 6.40. The summed E-state index contributed by atoms with van der Waals surface area (Å²) in [6.45, 7) is 0. The van der Waals surface area contributed by atoms with E-state index in [-0.39, 0.29) is 5.38 Å². The highest BCUT2D eigenvalue weighted by Gasteiger charge is 2.12. The number of benzene rings is 2. The molecule has 0 bridgehead atoms. The van der Waals surface area contributed by atoms with Crippen LogP contribution >= 0.6 is 50.7 Å². The monoisotopic (exact) mass is 362 g/mol. The zero-order valence-electron chi connectivity index (χ0n) is 9.34. The molecule has 94 valence electrons. The molecule has 1 unspecified atom stereocenters. The molecule has 0 N–H and O–H groups in total. The van der Waals surface area contributed by atoms with Crippen LogP contribution in [-0.2, 0) is 6.42 Å². The fourth-order valence-corrected chi connectivity index (χ4v) is 2.92. The van der Waals surface area contributed by atoms with Crippen LogP contribution in [0, 0.1) is 0 Å². The van der Waals surface area contributed by atoms with Gasteiger partial charge in [-0.3, -0.25) is 0 Å². The van der Waals surface area contributed by atoms with E-state index in [1.165, 1.54) is 5.56 Å². The van der Waals surface area contributed by atoms with Gasteiger partial charge in [-0.1, -0.05) is 57.3 Å². The average molecular weight is 364 g/mol. The molecule has 0 nitrogen and oxygen atoms in total. The van der Waals surface area contributed by atoms with Crippen molar-refractivity contribution in [3.63, 3.8) is 0 Å². The van der Waals surface area contributed by atoms with Crippen LogP contribution in [0.4, 0.5) is 0 Å². The molecule has 0 fully saturated rings. The second-order valence-corrected chi connectivity index (χ2v) is 6.25. The van der Waals surface area contributed by atoms with Crippen molar-refractivity contribution in [1.82, 2.24) is 0 Å². The second kappa shape index (κ2) is 6.29. The lowest BCUT2D eigenvalue weighted by atomic mass is 10.0. The first-order chi connectivity index (χ1) is 8.56. The van der Waals surface area contributed by atoms with E-state index in [0.29, 0.717) is 10.0 Å². The minimum absolute atomic E-state index is 0.157. The minimum Gasteiger partial charge on any atom is -0.117 e. The van der Waals surface area contributed by atoms with Crippen molar-refractivity contribution in [2.24, 2.45) is 0 Å². The van der Waals surface area contributed by atoms with E-state index in [1.54, 1.807) is 12.1 Å². The second-order valence-electron chi connectivity index (χ2n) is 3.96. The largest absolute Gasteiger partial charge is 0.117 e. The first-order valence-electron chi connectivity index (χ1n) is 5.40. The van der Waals surface area contributed by atoms with Crippen molar-refractivity contribution >= 4 is 50.7 Å². The average Bonchev–Trinajstić information content (AvgIpc) is 2.32. The van der Waals surface area contributed by atoms with Gasteiger partial charge in [-0.25, -0.2) is 0 Å². The molecule has 0 saturated carbocycles. The summed E-state index contributed by atoms with van der Waals surface area (Å²) >= 11 is 21.8.